The van der Waals surface area contributed by atoms with Crippen molar-refractivity contribution >= 4 is 23.1 Å². The minimum atomic E-state index is 0. The van der Waals surface area contributed by atoms with Gasteiger partial charge in [0, 0.05) is 17.7 Å². The van der Waals surface area contributed by atoms with Crippen molar-refractivity contribution < 1.29 is 44.3 Å². The highest BCUT2D eigenvalue weighted by Gasteiger charge is 2.12. The molecule has 0 radical (unpaired) electrons. The van der Waals surface area contributed by atoms with Crippen molar-refractivity contribution in [3.8, 4) is 0 Å². The maximum absolute atomic E-state index is 8.39. The Bertz CT molecular complexity index is 443. The van der Waals surface area contributed by atoms with Crippen LogP contribution in [0.15, 0.2) is 29.7 Å². The third kappa shape index (κ3) is 6.42. The summed E-state index contributed by atoms with van der Waals surface area (Å²) in [7, 11) is 0. The second-order valence-electron chi connectivity index (χ2n) is 3.67. The van der Waals surface area contributed by atoms with Crippen LogP contribution < -0.4 is 39.7 Å². The number of aromatic nitrogens is 1. The number of nitrogens with zero attached hydrogens (tertiary/aromatic N) is 2. The van der Waals surface area contributed by atoms with Crippen LogP contribution in [0.25, 0.3) is 0 Å². The second kappa shape index (κ2) is 10.7. The summed E-state index contributed by atoms with van der Waals surface area (Å²) in [4.78, 5) is 3.22. The number of thioether (sulfide) groups is 1. The van der Waals surface area contributed by atoms with Gasteiger partial charge in [-0.05, 0) is 11.8 Å². The van der Waals surface area contributed by atoms with E-state index in [1.54, 1.807) is 11.8 Å². The molecule has 1 aliphatic heterocycles. The molecule has 3 N–H and O–H groups in total. The van der Waals surface area contributed by atoms with Crippen LogP contribution in [0, 0.1) is 0 Å². The minimum absolute atomic E-state index is 0. The maximum Gasteiger partial charge on any atom is 0.306 e. The van der Waals surface area contributed by atoms with Crippen LogP contribution in [0.2, 0.25) is 0 Å². The number of hydrogen-bond acceptors (Lipinski definition) is 5. The van der Waals surface area contributed by atoms with Gasteiger partial charge in [-0.25, -0.2) is 0 Å². The van der Waals surface area contributed by atoms with Crippen molar-refractivity contribution in [3.63, 3.8) is 0 Å². The molecule has 0 atom stereocenters. The highest BCUT2D eigenvalue weighted by Crippen LogP contribution is 1.99. The number of nitrogens with one attached hydrogen (secondary N) is 2. The monoisotopic (exact) mass is 338 g/mol. The van der Waals surface area contributed by atoms with Gasteiger partial charge in [0.05, 0.1) is 6.21 Å². The summed E-state index contributed by atoms with van der Waals surface area (Å²) in [5.41, 5.74) is 0.845. The summed E-state index contributed by atoms with van der Waals surface area (Å²) < 4.78 is 7.44. The van der Waals surface area contributed by atoms with E-state index in [2.05, 4.69) is 15.5 Å². The van der Waals surface area contributed by atoms with Gasteiger partial charge < -0.3 is 34.8 Å². The number of pyridine rings is 1. The van der Waals surface area contributed by atoms with Crippen LogP contribution in [0.3, 0.4) is 0 Å². The number of ether oxygens (including phenoxy) is 1. The molecule has 0 saturated carbocycles. The molecule has 0 saturated heterocycles. The summed E-state index contributed by atoms with van der Waals surface area (Å²) in [6.07, 6.45) is 5.14. The Kier molecular flexibility index (Phi) is 10.2. The Labute approximate surface area is 134 Å². The first-order chi connectivity index (χ1) is 8.88. The van der Waals surface area contributed by atoms with Crippen molar-refractivity contribution in [1.82, 2.24) is 5.32 Å². The quantitative estimate of drug-likeness (QED) is 0.125. The summed E-state index contributed by atoms with van der Waals surface area (Å²) in [5, 5.41) is 15.7. The van der Waals surface area contributed by atoms with Gasteiger partial charge in [0.25, 0.3) is 6.73 Å². The molecule has 0 amide bonds. The molecule has 2 heterocycles. The lowest BCUT2D eigenvalue weighted by atomic mass is 10.3. The lowest BCUT2D eigenvalue weighted by molar-refractivity contribution is -0.731. The van der Waals surface area contributed by atoms with Gasteiger partial charge in [0.1, 0.15) is 19.0 Å². The van der Waals surface area contributed by atoms with E-state index < -0.39 is 0 Å². The van der Waals surface area contributed by atoms with Gasteiger partial charge in [-0.3, -0.25) is 10.3 Å². The summed E-state index contributed by atoms with van der Waals surface area (Å²) in [6, 6.07) is 3.70. The maximum atomic E-state index is 8.39. The normalized spacial score (nSPS) is 13.3. The first-order valence-corrected chi connectivity index (χ1v) is 6.59. The van der Waals surface area contributed by atoms with Crippen LogP contribution >= 0.6 is 11.8 Å². The Morgan fingerprint density at radius 3 is 2.80 bits per heavy atom. The molecule has 1 aromatic rings. The number of hydrogen-bond donors (Lipinski definition) is 3. The minimum Gasteiger partial charge on any atom is -1.00 e. The third-order valence-electron chi connectivity index (χ3n) is 2.35. The Morgan fingerprint density at radius 1 is 1.45 bits per heavy atom. The fourth-order valence-corrected chi connectivity index (χ4v) is 2.15. The zero-order valence-corrected chi connectivity index (χ0v) is 13.0. The largest absolute Gasteiger partial charge is 1.00 e. The molecule has 9 heteroatoms. The standard InChI is InChI=1S/C11H14N4O2S.2ClH/c16-14-7-10-1-5-15(6-2-10)8-17-9-18-11-12-3-4-13-11;;/h1-2,5-7H,3-4,8-9H2,(H,12,13);2*1H. The first-order valence-electron chi connectivity index (χ1n) is 5.60. The van der Waals surface area contributed by atoms with Crippen molar-refractivity contribution in [2.75, 3.05) is 19.0 Å². The molecule has 0 aromatic carbocycles. The molecular weight excluding hydrogens is 323 g/mol. The highest BCUT2D eigenvalue weighted by atomic mass is 35.5. The molecule has 2 rings (SSSR count). The average Bonchev–Trinajstić information content (AvgIpc) is 2.90. The first kappa shape index (κ1) is 19.0. The third-order valence-corrected chi connectivity index (χ3v) is 3.21. The Hall–Kier alpha value is -1.02. The lowest BCUT2D eigenvalue weighted by Crippen LogP contribution is -3.00. The molecule has 0 spiro atoms. The number of rotatable bonds is 5. The number of halogens is 2. The van der Waals surface area contributed by atoms with E-state index in [1.807, 2.05) is 29.1 Å². The predicted octanol–water partition coefficient (Wildman–Crippen LogP) is -7.51. The highest BCUT2D eigenvalue weighted by molar-refractivity contribution is 8.13. The lowest BCUT2D eigenvalue weighted by Gasteiger charge is -1.99. The fraction of sp³-hybridized carbons (Fsp3) is 0.364. The molecule has 1 aliphatic rings. The van der Waals surface area contributed by atoms with Crippen molar-refractivity contribution in [3.05, 3.63) is 30.1 Å². The molecule has 0 aliphatic carbocycles. The van der Waals surface area contributed by atoms with Gasteiger partial charge in [-0.1, -0.05) is 5.16 Å². The summed E-state index contributed by atoms with van der Waals surface area (Å²) >= 11 is 1.62. The van der Waals surface area contributed by atoms with Gasteiger partial charge in [-0.15, -0.1) is 0 Å². The summed E-state index contributed by atoms with van der Waals surface area (Å²) in [6.45, 7) is 2.45. The van der Waals surface area contributed by atoms with E-state index >= 15 is 0 Å². The van der Waals surface area contributed by atoms with Crippen LogP contribution in [0.4, 0.5) is 0 Å². The van der Waals surface area contributed by atoms with E-state index in [4.69, 9.17) is 9.94 Å². The van der Waals surface area contributed by atoms with Gasteiger partial charge in [-0.2, -0.15) is 4.57 Å². The molecule has 6 nitrogen and oxygen atoms in total. The van der Waals surface area contributed by atoms with Crippen LogP contribution in [-0.2, 0) is 11.5 Å². The number of oxime groups is 1. The predicted molar refractivity (Wildman–Crippen MR) is 68.4 cm³/mol. The van der Waals surface area contributed by atoms with Crippen molar-refractivity contribution in [2.24, 2.45) is 5.16 Å². The fourth-order valence-electron chi connectivity index (χ4n) is 1.47. The van der Waals surface area contributed by atoms with Crippen LogP contribution in [0.5, 0.6) is 0 Å². The van der Waals surface area contributed by atoms with E-state index in [1.165, 1.54) is 6.21 Å². The Balaban J connectivity index is 0.00000180. The van der Waals surface area contributed by atoms with E-state index in [-0.39, 0.29) is 24.8 Å². The molecule has 20 heavy (non-hydrogen) atoms. The number of amidine groups is 1. The van der Waals surface area contributed by atoms with Crippen molar-refractivity contribution in [2.45, 2.75) is 6.73 Å². The zero-order chi connectivity index (χ0) is 12.6. The average molecular weight is 339 g/mol. The molecule has 0 bridgehead atoms. The zero-order valence-electron chi connectivity index (χ0n) is 10.6. The molecular formula is C11H16Cl2N4O2S. The SMILES string of the molecule is O/N=C/c1cc[n+](COCSC2=[NH+]CCN2)cc1.[Cl-].[Cl-]. The molecule has 112 valence electrons. The molecule has 0 fully saturated rings. The van der Waals surface area contributed by atoms with Crippen molar-refractivity contribution in [1.29, 1.82) is 0 Å². The molecule has 1 aromatic heterocycles. The van der Waals surface area contributed by atoms with Crippen LogP contribution in [-0.4, -0.2) is 35.6 Å². The van der Waals surface area contributed by atoms with Gasteiger partial charge in [0.2, 0.25) is 0 Å². The van der Waals surface area contributed by atoms with Crippen LogP contribution in [0.1, 0.15) is 5.56 Å². The smallest absolute Gasteiger partial charge is 0.306 e. The van der Waals surface area contributed by atoms with Gasteiger partial charge >= 0.3 is 5.17 Å². The molecule has 0 unspecified atom stereocenters. The van der Waals surface area contributed by atoms with E-state index in [0.717, 1.165) is 23.8 Å². The second-order valence-corrected chi connectivity index (χ2v) is 4.60. The van der Waals surface area contributed by atoms with Gasteiger partial charge in [0.15, 0.2) is 12.4 Å². The topological polar surface area (TPSA) is 71.7 Å². The van der Waals surface area contributed by atoms with E-state index in [9.17, 15) is 0 Å². The Morgan fingerprint density at radius 2 is 2.20 bits per heavy atom. The van der Waals surface area contributed by atoms with E-state index in [0.29, 0.717) is 12.7 Å². The summed E-state index contributed by atoms with van der Waals surface area (Å²) in [5.74, 6) is 0.599.